The minimum absolute atomic E-state index is 0. The van der Waals surface area contributed by atoms with Crippen LogP contribution in [-0.2, 0) is 42.3 Å². The molecule has 2 N–H and O–H groups in total. The molecule has 0 aliphatic rings. The Morgan fingerprint density at radius 3 is 1.57 bits per heavy atom. The van der Waals surface area contributed by atoms with Crippen LogP contribution >= 0.6 is 0 Å². The van der Waals surface area contributed by atoms with Gasteiger partial charge in [-0.3, -0.25) is 0 Å². The van der Waals surface area contributed by atoms with Gasteiger partial charge in [-0.1, -0.05) is 30.3 Å². The van der Waals surface area contributed by atoms with Crippen molar-refractivity contribution in [3.8, 4) is 0 Å². The van der Waals surface area contributed by atoms with Crippen LogP contribution in [0.3, 0.4) is 0 Å². The summed E-state index contributed by atoms with van der Waals surface area (Å²) in [5.41, 5.74) is 2.14. The van der Waals surface area contributed by atoms with Crippen LogP contribution in [0.1, 0.15) is 11.1 Å². The molecule has 0 saturated carbocycles. The van der Waals surface area contributed by atoms with Crippen molar-refractivity contribution in [2.75, 3.05) is 14.1 Å². The number of nitrogens with one attached hydrogen (secondary N) is 2. The zero-order chi connectivity index (χ0) is 19.6. The second-order valence-corrected chi connectivity index (χ2v) is 5.85. The molecule has 149 valence electrons. The van der Waals surface area contributed by atoms with Crippen molar-refractivity contribution < 1.29 is 21.5 Å². The molecule has 0 bridgehead atoms. The number of benzene rings is 2. The number of hydrogen-bond donors (Lipinski definition) is 2. The van der Waals surface area contributed by atoms with Crippen molar-refractivity contribution in [1.82, 2.24) is 10.6 Å². The molecule has 2 aromatic rings. The Morgan fingerprint density at radius 1 is 0.714 bits per heavy atom. The van der Waals surface area contributed by atoms with Gasteiger partial charge < -0.3 is 35.9 Å². The molecule has 2 aromatic carbocycles. The van der Waals surface area contributed by atoms with E-state index in [4.69, 9.17) is 25.3 Å². The molecule has 0 amide bonds. The number of hydrogen-bond acceptors (Lipinski definition) is 6. The van der Waals surface area contributed by atoms with Crippen LogP contribution in [0.5, 0.6) is 0 Å². The third-order valence-corrected chi connectivity index (χ3v) is 3.87. The molecule has 0 atom stereocenters. The monoisotopic (exact) mass is 463 g/mol. The molecule has 0 aliphatic heterocycles. The molecule has 0 saturated heterocycles. The number of rotatable bonds is 5. The predicted octanol–water partition coefficient (Wildman–Crippen LogP) is 2.18. The van der Waals surface area contributed by atoms with Crippen molar-refractivity contribution in [2.24, 2.45) is 20.4 Å². The van der Waals surface area contributed by atoms with E-state index in [2.05, 4.69) is 31.0 Å². The van der Waals surface area contributed by atoms with Gasteiger partial charge in [0.1, 0.15) is 17.2 Å². The summed E-state index contributed by atoms with van der Waals surface area (Å²) in [4.78, 5) is 0. The fourth-order valence-electron chi connectivity index (χ4n) is 1.98. The molecule has 0 fully saturated rings. The maximum absolute atomic E-state index is 13.4. The summed E-state index contributed by atoms with van der Waals surface area (Å²) in [7, 11) is 3.30. The standard InChI is InChI=1S/C18H19FN6S2.Cu/c1-20-17(26)24-22-15(12-6-4-3-5-7-12)16(23-25-18(27)21-2)13-8-10-14(19)11-9-13;/h3-11H,1-2H3,(H2,20,24,26)(H2,21,25,27);/q;+2/p-2. The fourth-order valence-corrected chi connectivity index (χ4v) is 2.06. The van der Waals surface area contributed by atoms with Crippen LogP contribution in [0.4, 0.5) is 4.39 Å². The van der Waals surface area contributed by atoms with Gasteiger partial charge in [-0.15, -0.1) is 10.2 Å². The molecular weight excluding hydrogens is 447 g/mol. The first-order chi connectivity index (χ1) is 13.0. The Bertz CT molecular complexity index is 883. The van der Waals surface area contributed by atoms with E-state index in [1.807, 2.05) is 30.3 Å². The summed E-state index contributed by atoms with van der Waals surface area (Å²) >= 11 is 10.1. The number of halogens is 1. The molecular formula is C18H17CuFN6S2. The largest absolute Gasteiger partial charge is 2.00 e. The minimum atomic E-state index is -0.361. The van der Waals surface area contributed by atoms with Gasteiger partial charge in [-0.05, 0) is 34.6 Å². The molecule has 0 spiro atoms. The van der Waals surface area contributed by atoms with E-state index in [1.54, 1.807) is 26.2 Å². The molecule has 0 aliphatic carbocycles. The summed E-state index contributed by atoms with van der Waals surface area (Å²) in [6.45, 7) is 0. The van der Waals surface area contributed by atoms with Crippen molar-refractivity contribution in [3.63, 3.8) is 0 Å². The van der Waals surface area contributed by atoms with Crippen LogP contribution in [-0.4, -0.2) is 35.9 Å². The Hall–Kier alpha value is -2.39. The smallest absolute Gasteiger partial charge is 0.741 e. The van der Waals surface area contributed by atoms with Gasteiger partial charge in [0.2, 0.25) is 0 Å². The predicted molar refractivity (Wildman–Crippen MR) is 114 cm³/mol. The summed E-state index contributed by atoms with van der Waals surface area (Å²) < 4.78 is 13.4. The zero-order valence-corrected chi connectivity index (χ0v) is 17.6. The van der Waals surface area contributed by atoms with Crippen molar-refractivity contribution in [1.29, 1.82) is 0 Å². The van der Waals surface area contributed by atoms with Crippen molar-refractivity contribution in [2.45, 2.75) is 0 Å². The van der Waals surface area contributed by atoms with Gasteiger partial charge in [0.05, 0.1) is 0 Å². The van der Waals surface area contributed by atoms with Gasteiger partial charge in [-0.25, -0.2) is 4.39 Å². The quantitative estimate of drug-likeness (QED) is 0.234. The topological polar surface area (TPSA) is 73.5 Å². The maximum atomic E-state index is 13.4. The van der Waals surface area contributed by atoms with E-state index in [9.17, 15) is 4.39 Å². The van der Waals surface area contributed by atoms with Crippen LogP contribution in [0.25, 0.3) is 0 Å². The van der Waals surface area contributed by atoms with Crippen LogP contribution in [0, 0.1) is 5.82 Å². The molecule has 0 heterocycles. The average Bonchev–Trinajstić information content (AvgIpc) is 2.71. The van der Waals surface area contributed by atoms with E-state index in [0.29, 0.717) is 17.0 Å². The normalized spacial score (nSPS) is 13.0. The first-order valence-corrected chi connectivity index (χ1v) is 8.69. The molecule has 0 unspecified atom stereocenters. The molecule has 2 rings (SSSR count). The first-order valence-electron chi connectivity index (χ1n) is 7.87. The second-order valence-electron chi connectivity index (χ2n) is 5.08. The van der Waals surface area contributed by atoms with Crippen LogP contribution in [0.2, 0.25) is 0 Å². The zero-order valence-electron chi connectivity index (χ0n) is 15.0. The summed E-state index contributed by atoms with van der Waals surface area (Å²) in [6, 6.07) is 15.1. The first kappa shape index (κ1) is 23.6. The van der Waals surface area contributed by atoms with E-state index >= 15 is 0 Å². The average molecular weight is 464 g/mol. The Balaban J connectivity index is 0.00000392. The minimum Gasteiger partial charge on any atom is -0.741 e. The third-order valence-electron chi connectivity index (χ3n) is 3.30. The maximum Gasteiger partial charge on any atom is 2.00 e. The third kappa shape index (κ3) is 6.97. The summed E-state index contributed by atoms with van der Waals surface area (Å²) in [5.74, 6) is -0.361. The molecule has 28 heavy (non-hydrogen) atoms. The van der Waals surface area contributed by atoms with E-state index in [0.717, 1.165) is 5.56 Å². The van der Waals surface area contributed by atoms with Gasteiger partial charge in [0, 0.05) is 25.2 Å². The second kappa shape index (κ2) is 12.1. The number of nitrogens with zero attached hydrogens (tertiary/aromatic N) is 4. The SMILES string of the molecule is CNC([S-])=NN=C(C(=NN=C([S-])NC)c1ccc(F)cc1)c1ccccc1.[Cu+2]. The van der Waals surface area contributed by atoms with Crippen LogP contribution < -0.4 is 10.6 Å². The molecule has 6 nitrogen and oxygen atoms in total. The summed E-state index contributed by atoms with van der Waals surface area (Å²) in [5, 5.41) is 22.3. The Morgan fingerprint density at radius 2 is 1.14 bits per heavy atom. The van der Waals surface area contributed by atoms with Gasteiger partial charge >= 0.3 is 17.1 Å². The van der Waals surface area contributed by atoms with Crippen LogP contribution in [0.15, 0.2) is 75.0 Å². The Kier molecular flexibility index (Phi) is 10.3. The molecule has 1 radical (unpaired) electrons. The van der Waals surface area contributed by atoms with E-state index in [-0.39, 0.29) is 33.2 Å². The summed E-state index contributed by atoms with van der Waals surface area (Å²) in [6.07, 6.45) is 0. The van der Waals surface area contributed by atoms with Crippen molar-refractivity contribution in [3.05, 3.63) is 71.5 Å². The molecule has 10 heteroatoms. The molecule has 0 aromatic heterocycles. The number of amidine groups is 2. The van der Waals surface area contributed by atoms with Gasteiger partial charge in [0.25, 0.3) is 0 Å². The van der Waals surface area contributed by atoms with E-state index < -0.39 is 0 Å². The van der Waals surface area contributed by atoms with Gasteiger partial charge in [0.15, 0.2) is 0 Å². The Labute approximate surface area is 184 Å². The van der Waals surface area contributed by atoms with Gasteiger partial charge in [-0.2, -0.15) is 10.2 Å². The van der Waals surface area contributed by atoms with Crippen molar-refractivity contribution >= 4 is 47.0 Å². The van der Waals surface area contributed by atoms with E-state index in [1.165, 1.54) is 12.1 Å². The fraction of sp³-hybridized carbons (Fsp3) is 0.111.